The number of carbonyl (C=O) groups excluding carboxylic acids is 4. The number of fused-ring (bicyclic) bond motifs is 1. The molecular formula is C19H21Cl2N3O5. The maximum Gasteiger partial charge on any atom is 0.329 e. The van der Waals surface area contributed by atoms with Crippen molar-refractivity contribution in [1.29, 1.82) is 0 Å². The van der Waals surface area contributed by atoms with Crippen molar-refractivity contribution < 1.29 is 23.9 Å². The summed E-state index contributed by atoms with van der Waals surface area (Å²) in [6.45, 7) is 2.47. The topological polar surface area (TPSA) is 106 Å². The number of pyridine rings is 1. The maximum absolute atomic E-state index is 12.6. The molecule has 1 N–H and O–H groups in total. The predicted molar refractivity (Wildman–Crippen MR) is 105 cm³/mol. The highest BCUT2D eigenvalue weighted by Crippen LogP contribution is 2.38. The Labute approximate surface area is 177 Å². The van der Waals surface area contributed by atoms with Crippen LogP contribution in [0.2, 0.25) is 10.0 Å². The van der Waals surface area contributed by atoms with E-state index in [2.05, 4.69) is 10.3 Å². The lowest BCUT2D eigenvalue weighted by atomic mass is 9.81. The highest BCUT2D eigenvalue weighted by atomic mass is 35.5. The zero-order valence-electron chi connectivity index (χ0n) is 16.0. The van der Waals surface area contributed by atoms with Gasteiger partial charge in [-0.3, -0.25) is 19.3 Å². The van der Waals surface area contributed by atoms with Crippen molar-refractivity contribution in [3.8, 4) is 0 Å². The number of ether oxygens (including phenoxy) is 1. The van der Waals surface area contributed by atoms with Crippen molar-refractivity contribution in [3.63, 3.8) is 0 Å². The van der Waals surface area contributed by atoms with Crippen LogP contribution in [-0.4, -0.2) is 46.2 Å². The summed E-state index contributed by atoms with van der Waals surface area (Å²) in [6.07, 6.45) is 3.11. The molecule has 10 heteroatoms. The molecule has 1 aromatic heterocycles. The van der Waals surface area contributed by atoms with Gasteiger partial charge in [0, 0.05) is 0 Å². The smallest absolute Gasteiger partial charge is 0.329 e. The first-order valence-corrected chi connectivity index (χ1v) is 10.1. The van der Waals surface area contributed by atoms with Gasteiger partial charge in [-0.2, -0.15) is 0 Å². The van der Waals surface area contributed by atoms with Crippen LogP contribution in [-0.2, 0) is 23.9 Å². The highest BCUT2D eigenvalue weighted by molar-refractivity contribution is 6.36. The number of likely N-dealkylation sites (tertiary alicyclic amines) is 1. The second-order valence-electron chi connectivity index (χ2n) is 7.26. The maximum atomic E-state index is 12.6. The van der Waals surface area contributed by atoms with Gasteiger partial charge in [0.15, 0.2) is 12.4 Å². The molecule has 0 aromatic carbocycles. The summed E-state index contributed by atoms with van der Waals surface area (Å²) in [5.74, 6) is -2.76. The molecule has 2 aliphatic rings. The van der Waals surface area contributed by atoms with Gasteiger partial charge < -0.3 is 10.1 Å². The number of halogens is 2. The molecule has 8 nitrogen and oxygen atoms in total. The van der Waals surface area contributed by atoms with E-state index in [1.165, 1.54) is 13.0 Å². The molecule has 1 aliphatic heterocycles. The van der Waals surface area contributed by atoms with E-state index in [4.69, 9.17) is 27.9 Å². The Morgan fingerprint density at radius 2 is 1.79 bits per heavy atom. The lowest BCUT2D eigenvalue weighted by Crippen LogP contribution is -2.45. The Morgan fingerprint density at radius 3 is 2.38 bits per heavy atom. The van der Waals surface area contributed by atoms with Crippen LogP contribution < -0.4 is 5.32 Å². The van der Waals surface area contributed by atoms with Crippen molar-refractivity contribution >= 4 is 52.7 Å². The molecule has 1 aliphatic carbocycles. The first kappa shape index (κ1) is 21.5. The van der Waals surface area contributed by atoms with E-state index in [0.29, 0.717) is 23.6 Å². The second kappa shape index (κ2) is 8.67. The molecule has 1 saturated heterocycles. The number of hydrogen-bond acceptors (Lipinski definition) is 6. The Hall–Kier alpha value is -2.19. The van der Waals surface area contributed by atoms with Crippen LogP contribution in [0.3, 0.4) is 0 Å². The van der Waals surface area contributed by atoms with E-state index in [1.807, 2.05) is 0 Å². The minimum atomic E-state index is -1.09. The second-order valence-corrected chi connectivity index (χ2v) is 8.08. The minimum Gasteiger partial charge on any atom is -0.454 e. The molecule has 29 heavy (non-hydrogen) atoms. The van der Waals surface area contributed by atoms with Gasteiger partial charge in [-0.15, -0.1) is 0 Å². The SMILES string of the molecule is Cc1nc(NC(=O)COC(=O)[C@@H](C)N2C(=O)[C@H]3CCCC[C@H]3C2=O)c(Cl)cc1Cl. The van der Waals surface area contributed by atoms with Gasteiger partial charge in [-0.05, 0) is 32.8 Å². The van der Waals surface area contributed by atoms with Gasteiger partial charge in [-0.1, -0.05) is 36.0 Å². The number of nitrogens with zero attached hydrogens (tertiary/aromatic N) is 2. The molecule has 2 heterocycles. The summed E-state index contributed by atoms with van der Waals surface area (Å²) in [4.78, 5) is 54.6. The summed E-state index contributed by atoms with van der Waals surface area (Å²) in [5, 5.41) is 2.93. The van der Waals surface area contributed by atoms with Crippen molar-refractivity contribution in [3.05, 3.63) is 21.8 Å². The lowest BCUT2D eigenvalue weighted by molar-refractivity contribution is -0.159. The van der Waals surface area contributed by atoms with Crippen molar-refractivity contribution in [1.82, 2.24) is 9.88 Å². The standard InChI is InChI=1S/C19H21Cl2N3O5/c1-9-13(20)7-14(21)16(22-9)23-15(25)8-29-19(28)10(2)24-17(26)11-5-3-4-6-12(11)18(24)27/h7,10-12H,3-6,8H2,1-2H3,(H,22,23,25)/t10-,11-,12+/m1/s1. The Balaban J connectivity index is 1.57. The quantitative estimate of drug-likeness (QED) is 0.556. The molecule has 3 rings (SSSR count). The summed E-state index contributed by atoms with van der Waals surface area (Å²) in [5.41, 5.74) is 0.476. The van der Waals surface area contributed by atoms with Crippen molar-refractivity contribution in [2.24, 2.45) is 11.8 Å². The number of carbonyl (C=O) groups is 4. The zero-order chi connectivity index (χ0) is 21.3. The molecular weight excluding hydrogens is 421 g/mol. The number of aryl methyl sites for hydroxylation is 1. The van der Waals surface area contributed by atoms with E-state index in [0.717, 1.165) is 17.7 Å². The zero-order valence-corrected chi connectivity index (χ0v) is 17.5. The summed E-state index contributed by atoms with van der Waals surface area (Å²) in [6, 6.07) is 0.354. The van der Waals surface area contributed by atoms with Crippen LogP contribution >= 0.6 is 23.2 Å². The van der Waals surface area contributed by atoms with Gasteiger partial charge in [0.05, 0.1) is 27.6 Å². The van der Waals surface area contributed by atoms with Gasteiger partial charge in [0.25, 0.3) is 5.91 Å². The van der Waals surface area contributed by atoms with Gasteiger partial charge >= 0.3 is 5.97 Å². The molecule has 1 aromatic rings. The third-order valence-corrected chi connectivity index (χ3v) is 5.98. The minimum absolute atomic E-state index is 0.0941. The molecule has 156 valence electrons. The average molecular weight is 442 g/mol. The van der Waals surface area contributed by atoms with Gasteiger partial charge in [0.2, 0.25) is 11.8 Å². The number of hydrogen-bond donors (Lipinski definition) is 1. The Kier molecular flexibility index (Phi) is 6.43. The van der Waals surface area contributed by atoms with E-state index in [9.17, 15) is 19.2 Å². The normalized spacial score (nSPS) is 22.3. The Bertz CT molecular complexity index is 852. The fraction of sp³-hybridized carbons (Fsp3) is 0.526. The molecule has 0 unspecified atom stereocenters. The number of anilines is 1. The molecule has 0 spiro atoms. The molecule has 0 bridgehead atoms. The first-order valence-electron chi connectivity index (χ1n) is 9.36. The molecule has 0 radical (unpaired) electrons. The number of imide groups is 1. The van der Waals surface area contributed by atoms with Crippen LogP contribution in [0.1, 0.15) is 38.3 Å². The summed E-state index contributed by atoms with van der Waals surface area (Å²) in [7, 11) is 0. The summed E-state index contributed by atoms with van der Waals surface area (Å²) < 4.78 is 5.00. The van der Waals surface area contributed by atoms with Crippen LogP contribution in [0.4, 0.5) is 5.82 Å². The van der Waals surface area contributed by atoms with Crippen LogP contribution in [0.15, 0.2) is 6.07 Å². The average Bonchev–Trinajstić information content (AvgIpc) is 2.94. The number of esters is 1. The van der Waals surface area contributed by atoms with Crippen LogP contribution in [0, 0.1) is 18.8 Å². The first-order chi connectivity index (χ1) is 13.7. The molecule has 1 saturated carbocycles. The van der Waals surface area contributed by atoms with Gasteiger partial charge in [-0.25, -0.2) is 9.78 Å². The largest absolute Gasteiger partial charge is 0.454 e. The predicted octanol–water partition coefficient (Wildman–Crippen LogP) is 2.74. The third-order valence-electron chi connectivity index (χ3n) is 5.31. The molecule has 3 amide bonds. The van der Waals surface area contributed by atoms with E-state index >= 15 is 0 Å². The Morgan fingerprint density at radius 1 is 1.21 bits per heavy atom. The fourth-order valence-electron chi connectivity index (χ4n) is 3.75. The van der Waals surface area contributed by atoms with E-state index in [-0.39, 0.29) is 34.5 Å². The van der Waals surface area contributed by atoms with Crippen molar-refractivity contribution in [2.45, 2.75) is 45.6 Å². The molecule has 2 fully saturated rings. The number of nitrogens with one attached hydrogen (secondary N) is 1. The van der Waals surface area contributed by atoms with E-state index < -0.39 is 24.5 Å². The monoisotopic (exact) mass is 441 g/mol. The fourth-order valence-corrected chi connectivity index (χ4v) is 4.15. The van der Waals surface area contributed by atoms with Crippen LogP contribution in [0.5, 0.6) is 0 Å². The van der Waals surface area contributed by atoms with Gasteiger partial charge in [0.1, 0.15) is 6.04 Å². The summed E-state index contributed by atoms with van der Waals surface area (Å²) >= 11 is 11.9. The van der Waals surface area contributed by atoms with Crippen molar-refractivity contribution in [2.75, 3.05) is 11.9 Å². The van der Waals surface area contributed by atoms with E-state index in [1.54, 1.807) is 6.92 Å². The van der Waals surface area contributed by atoms with Crippen LogP contribution in [0.25, 0.3) is 0 Å². The lowest BCUT2D eigenvalue weighted by Gasteiger charge is -2.21. The third kappa shape index (κ3) is 4.38. The number of aromatic nitrogens is 1. The number of rotatable bonds is 5. The molecule has 3 atom stereocenters. The highest BCUT2D eigenvalue weighted by Gasteiger charge is 2.51. The number of amides is 3.